The predicted octanol–water partition coefficient (Wildman–Crippen LogP) is 3.65. The lowest BCUT2D eigenvalue weighted by molar-refractivity contribution is 0.407. The highest BCUT2D eigenvalue weighted by atomic mass is 16.5. The van der Waals surface area contributed by atoms with Gasteiger partial charge in [-0.05, 0) is 61.9 Å². The molecule has 0 bridgehead atoms. The maximum absolute atomic E-state index is 6.77. The van der Waals surface area contributed by atoms with Gasteiger partial charge in [-0.2, -0.15) is 0 Å². The number of benzene rings is 2. The van der Waals surface area contributed by atoms with Crippen molar-refractivity contribution in [3.63, 3.8) is 0 Å². The molecule has 0 aliphatic heterocycles. The second-order valence-electron chi connectivity index (χ2n) is 6.35. The monoisotopic (exact) mass is 281 g/mol. The highest BCUT2D eigenvalue weighted by Gasteiger charge is 2.35. The van der Waals surface area contributed by atoms with Crippen molar-refractivity contribution in [2.24, 2.45) is 5.73 Å². The molecule has 0 saturated heterocycles. The first kappa shape index (κ1) is 14.2. The average Bonchev–Trinajstić information content (AvgIpc) is 2.74. The zero-order valence-electron chi connectivity index (χ0n) is 13.1. The van der Waals surface area contributed by atoms with Gasteiger partial charge in [-0.15, -0.1) is 0 Å². The van der Waals surface area contributed by atoms with Gasteiger partial charge >= 0.3 is 0 Å². The molecule has 0 saturated carbocycles. The molecule has 2 heteroatoms. The first-order valence-corrected chi connectivity index (χ1v) is 7.54. The summed E-state index contributed by atoms with van der Waals surface area (Å²) in [6, 6.07) is 13.0. The fourth-order valence-corrected chi connectivity index (χ4v) is 3.58. The molecule has 110 valence electrons. The van der Waals surface area contributed by atoms with Gasteiger partial charge in [0.15, 0.2) is 0 Å². The molecule has 0 heterocycles. The predicted molar refractivity (Wildman–Crippen MR) is 86.8 cm³/mol. The lowest BCUT2D eigenvalue weighted by atomic mass is 9.85. The molecule has 2 nitrogen and oxygen atoms in total. The molecule has 0 fully saturated rings. The van der Waals surface area contributed by atoms with Gasteiger partial charge in [-0.1, -0.05) is 35.4 Å². The second-order valence-corrected chi connectivity index (χ2v) is 6.35. The van der Waals surface area contributed by atoms with Crippen LogP contribution in [0.1, 0.15) is 34.2 Å². The van der Waals surface area contributed by atoms with Crippen LogP contribution in [0.2, 0.25) is 0 Å². The van der Waals surface area contributed by atoms with Crippen molar-refractivity contribution >= 4 is 0 Å². The molecule has 0 spiro atoms. The highest BCUT2D eigenvalue weighted by Crippen LogP contribution is 2.39. The lowest BCUT2D eigenvalue weighted by Gasteiger charge is -2.26. The van der Waals surface area contributed by atoms with Gasteiger partial charge < -0.3 is 10.5 Å². The van der Waals surface area contributed by atoms with Crippen LogP contribution in [-0.2, 0) is 18.4 Å². The number of nitrogens with two attached hydrogens (primary N) is 1. The van der Waals surface area contributed by atoms with Crippen LogP contribution in [0.25, 0.3) is 0 Å². The van der Waals surface area contributed by atoms with E-state index >= 15 is 0 Å². The first-order chi connectivity index (χ1) is 10.00. The molecule has 3 rings (SSSR count). The van der Waals surface area contributed by atoms with Gasteiger partial charge in [0.2, 0.25) is 0 Å². The minimum Gasteiger partial charge on any atom is -0.497 e. The van der Waals surface area contributed by atoms with E-state index in [1.807, 2.05) is 6.07 Å². The molecule has 0 aromatic heterocycles. The Balaban J connectivity index is 1.96. The van der Waals surface area contributed by atoms with E-state index in [2.05, 4.69) is 44.2 Å². The minimum atomic E-state index is -0.274. The standard InChI is InChI=1S/C19H23NO/c1-13-8-14(2)10-15(9-13)12-19(20)7-6-16-4-5-17(21-3)11-18(16)19/h4-5,8-11H,6-7,12,20H2,1-3H3. The third kappa shape index (κ3) is 2.68. The van der Waals surface area contributed by atoms with Gasteiger partial charge in [-0.25, -0.2) is 0 Å². The van der Waals surface area contributed by atoms with E-state index in [4.69, 9.17) is 10.5 Å². The van der Waals surface area contributed by atoms with Crippen molar-refractivity contribution in [2.45, 2.75) is 38.6 Å². The molecule has 1 aliphatic rings. The second kappa shape index (κ2) is 5.19. The van der Waals surface area contributed by atoms with Crippen molar-refractivity contribution in [1.82, 2.24) is 0 Å². The summed E-state index contributed by atoms with van der Waals surface area (Å²) in [6.45, 7) is 4.29. The molecule has 1 atom stereocenters. The van der Waals surface area contributed by atoms with Crippen molar-refractivity contribution in [3.8, 4) is 5.75 Å². The van der Waals surface area contributed by atoms with E-state index in [-0.39, 0.29) is 5.54 Å². The summed E-state index contributed by atoms with van der Waals surface area (Å²) in [6.07, 6.45) is 2.94. The number of methoxy groups -OCH3 is 1. The van der Waals surface area contributed by atoms with Gasteiger partial charge in [0.05, 0.1) is 7.11 Å². The number of fused-ring (bicyclic) bond motifs is 1. The molecule has 2 aromatic rings. The van der Waals surface area contributed by atoms with Crippen LogP contribution in [-0.4, -0.2) is 7.11 Å². The Labute approximate surface area is 126 Å². The third-order valence-corrected chi connectivity index (χ3v) is 4.49. The van der Waals surface area contributed by atoms with Crippen molar-refractivity contribution < 1.29 is 4.74 Å². The zero-order valence-corrected chi connectivity index (χ0v) is 13.1. The molecule has 1 unspecified atom stereocenters. The molecule has 0 radical (unpaired) electrons. The molecule has 0 amide bonds. The first-order valence-electron chi connectivity index (χ1n) is 7.54. The smallest absolute Gasteiger partial charge is 0.119 e. The van der Waals surface area contributed by atoms with Gasteiger partial charge in [0.1, 0.15) is 5.75 Å². The Morgan fingerprint density at radius 2 is 1.81 bits per heavy atom. The summed E-state index contributed by atoms with van der Waals surface area (Å²) in [5, 5.41) is 0. The Morgan fingerprint density at radius 3 is 2.48 bits per heavy atom. The lowest BCUT2D eigenvalue weighted by Crippen LogP contribution is -2.36. The molecule has 1 aliphatic carbocycles. The molecule has 21 heavy (non-hydrogen) atoms. The average molecular weight is 281 g/mol. The SMILES string of the molecule is COc1ccc2c(c1)C(N)(Cc1cc(C)cc(C)c1)CC2. The van der Waals surface area contributed by atoms with Crippen LogP contribution in [0, 0.1) is 13.8 Å². The maximum Gasteiger partial charge on any atom is 0.119 e. The molecule has 2 aromatic carbocycles. The topological polar surface area (TPSA) is 35.2 Å². The molecular formula is C19H23NO. The quantitative estimate of drug-likeness (QED) is 0.932. The fraction of sp³-hybridized carbons (Fsp3) is 0.368. The van der Waals surface area contributed by atoms with Crippen LogP contribution >= 0.6 is 0 Å². The van der Waals surface area contributed by atoms with E-state index in [1.54, 1.807) is 7.11 Å². The summed E-state index contributed by atoms with van der Waals surface area (Å²) < 4.78 is 5.37. The summed E-state index contributed by atoms with van der Waals surface area (Å²) in [5.41, 5.74) is 13.0. The van der Waals surface area contributed by atoms with E-state index in [9.17, 15) is 0 Å². The van der Waals surface area contributed by atoms with Gasteiger partial charge in [0.25, 0.3) is 0 Å². The number of ether oxygens (including phenoxy) is 1. The summed E-state index contributed by atoms with van der Waals surface area (Å²) >= 11 is 0. The Kier molecular flexibility index (Phi) is 3.50. The Morgan fingerprint density at radius 1 is 1.10 bits per heavy atom. The van der Waals surface area contributed by atoms with Crippen LogP contribution < -0.4 is 10.5 Å². The van der Waals surface area contributed by atoms with E-state index in [0.29, 0.717) is 0 Å². The van der Waals surface area contributed by atoms with Crippen molar-refractivity contribution in [3.05, 3.63) is 64.2 Å². The fourth-order valence-electron chi connectivity index (χ4n) is 3.58. The summed E-state index contributed by atoms with van der Waals surface area (Å²) in [4.78, 5) is 0. The summed E-state index contributed by atoms with van der Waals surface area (Å²) in [7, 11) is 1.71. The highest BCUT2D eigenvalue weighted by molar-refractivity contribution is 5.45. The summed E-state index contributed by atoms with van der Waals surface area (Å²) in [5.74, 6) is 0.894. The zero-order chi connectivity index (χ0) is 15.0. The third-order valence-electron chi connectivity index (χ3n) is 4.49. The minimum absolute atomic E-state index is 0.274. The number of hydrogen-bond donors (Lipinski definition) is 1. The number of aryl methyl sites for hydroxylation is 3. The largest absolute Gasteiger partial charge is 0.497 e. The molecule has 2 N–H and O–H groups in total. The molecular weight excluding hydrogens is 258 g/mol. The van der Waals surface area contributed by atoms with E-state index < -0.39 is 0 Å². The van der Waals surface area contributed by atoms with Gasteiger partial charge in [-0.3, -0.25) is 0 Å². The number of rotatable bonds is 3. The van der Waals surface area contributed by atoms with Crippen LogP contribution in [0.15, 0.2) is 36.4 Å². The maximum atomic E-state index is 6.77. The van der Waals surface area contributed by atoms with E-state index in [0.717, 1.165) is 25.0 Å². The van der Waals surface area contributed by atoms with Gasteiger partial charge in [0, 0.05) is 5.54 Å². The van der Waals surface area contributed by atoms with Crippen LogP contribution in [0.3, 0.4) is 0 Å². The van der Waals surface area contributed by atoms with Crippen LogP contribution in [0.4, 0.5) is 0 Å². The van der Waals surface area contributed by atoms with E-state index in [1.165, 1.54) is 27.8 Å². The van der Waals surface area contributed by atoms with Crippen molar-refractivity contribution in [2.75, 3.05) is 7.11 Å². The normalized spacial score (nSPS) is 20.4. The van der Waals surface area contributed by atoms with Crippen molar-refractivity contribution in [1.29, 1.82) is 0 Å². The Bertz CT molecular complexity index is 657. The van der Waals surface area contributed by atoms with Crippen LogP contribution in [0.5, 0.6) is 5.75 Å². The Hall–Kier alpha value is -1.80. The number of hydrogen-bond acceptors (Lipinski definition) is 2.